The van der Waals surface area contributed by atoms with Gasteiger partial charge in [0, 0.05) is 13.2 Å². The Labute approximate surface area is 165 Å². The fourth-order valence-corrected chi connectivity index (χ4v) is 5.93. The first-order valence-electron chi connectivity index (χ1n) is 8.18. The summed E-state index contributed by atoms with van der Waals surface area (Å²) in [4.78, 5) is 0.348. The topological polar surface area (TPSA) is 79.1 Å². The molecular formula is C17H20N2O5S3. The van der Waals surface area contributed by atoms with E-state index in [0.717, 1.165) is 21.6 Å². The summed E-state index contributed by atoms with van der Waals surface area (Å²) in [6.07, 6.45) is 0. The maximum Gasteiger partial charge on any atom is 0.294 e. The molecule has 3 rings (SSSR count). The van der Waals surface area contributed by atoms with E-state index in [2.05, 4.69) is 4.40 Å². The molecule has 0 atom stereocenters. The van der Waals surface area contributed by atoms with Crippen LogP contribution in [-0.4, -0.2) is 40.4 Å². The van der Waals surface area contributed by atoms with Crippen LogP contribution >= 0.6 is 22.7 Å². The van der Waals surface area contributed by atoms with E-state index in [0.29, 0.717) is 36.1 Å². The van der Waals surface area contributed by atoms with Gasteiger partial charge in [-0.1, -0.05) is 17.4 Å². The summed E-state index contributed by atoms with van der Waals surface area (Å²) >= 11 is 2.39. The van der Waals surface area contributed by atoms with Gasteiger partial charge in [0.25, 0.3) is 10.0 Å². The maximum atomic E-state index is 12.7. The van der Waals surface area contributed by atoms with Gasteiger partial charge >= 0.3 is 0 Å². The van der Waals surface area contributed by atoms with Gasteiger partial charge in [-0.05, 0) is 30.5 Å². The summed E-state index contributed by atoms with van der Waals surface area (Å²) in [6, 6.07) is 6.82. The van der Waals surface area contributed by atoms with Crippen molar-refractivity contribution in [1.29, 1.82) is 0 Å². The Morgan fingerprint density at radius 1 is 1.15 bits per heavy atom. The van der Waals surface area contributed by atoms with E-state index in [4.69, 9.17) is 14.2 Å². The van der Waals surface area contributed by atoms with Crippen LogP contribution in [0.4, 0.5) is 0 Å². The fraction of sp³-hybridized carbons (Fsp3) is 0.353. The van der Waals surface area contributed by atoms with Crippen LogP contribution in [0.3, 0.4) is 0 Å². The van der Waals surface area contributed by atoms with Crippen molar-refractivity contribution in [2.75, 3.05) is 27.4 Å². The Kier molecular flexibility index (Phi) is 6.20. The third kappa shape index (κ3) is 4.03. The molecule has 0 radical (unpaired) electrons. The van der Waals surface area contributed by atoms with E-state index in [1.807, 2.05) is 11.5 Å². The van der Waals surface area contributed by atoms with E-state index in [1.165, 1.54) is 11.3 Å². The zero-order valence-corrected chi connectivity index (χ0v) is 17.6. The van der Waals surface area contributed by atoms with Crippen molar-refractivity contribution in [3.05, 3.63) is 34.4 Å². The van der Waals surface area contributed by atoms with Gasteiger partial charge in [0.2, 0.25) is 4.80 Å². The lowest BCUT2D eigenvalue weighted by atomic mass is 10.3. The zero-order valence-electron chi connectivity index (χ0n) is 15.2. The fourth-order valence-electron chi connectivity index (χ4n) is 2.59. The van der Waals surface area contributed by atoms with Crippen LogP contribution in [0.1, 0.15) is 6.92 Å². The van der Waals surface area contributed by atoms with Crippen molar-refractivity contribution < 1.29 is 22.6 Å². The van der Waals surface area contributed by atoms with Crippen LogP contribution < -0.4 is 14.3 Å². The van der Waals surface area contributed by atoms with Crippen LogP contribution in [0, 0.1) is 0 Å². The molecule has 0 saturated carbocycles. The highest BCUT2D eigenvalue weighted by Gasteiger charge is 2.19. The quantitative estimate of drug-likeness (QED) is 0.515. The van der Waals surface area contributed by atoms with Crippen molar-refractivity contribution in [2.24, 2.45) is 4.40 Å². The second-order valence-corrected chi connectivity index (χ2v) is 9.14. The second-order valence-electron chi connectivity index (χ2n) is 5.38. The molecule has 146 valence electrons. The summed E-state index contributed by atoms with van der Waals surface area (Å²) in [7, 11) is -0.651. The molecular weight excluding hydrogens is 408 g/mol. The number of nitrogens with zero attached hydrogens (tertiary/aromatic N) is 2. The van der Waals surface area contributed by atoms with E-state index in [-0.39, 0.29) is 4.21 Å². The van der Waals surface area contributed by atoms with Gasteiger partial charge in [-0.3, -0.25) is 0 Å². The summed E-state index contributed by atoms with van der Waals surface area (Å²) < 4.78 is 48.6. The molecule has 27 heavy (non-hydrogen) atoms. The Bertz CT molecular complexity index is 1080. The molecule has 10 heteroatoms. The smallest absolute Gasteiger partial charge is 0.294 e. The predicted molar refractivity (Wildman–Crippen MR) is 106 cm³/mol. The Morgan fingerprint density at radius 2 is 1.89 bits per heavy atom. The molecule has 0 bridgehead atoms. The normalized spacial score (nSPS) is 12.6. The highest BCUT2D eigenvalue weighted by molar-refractivity contribution is 7.92. The lowest BCUT2D eigenvalue weighted by Gasteiger charge is -2.10. The molecule has 0 fully saturated rings. The Hall–Kier alpha value is -1.88. The van der Waals surface area contributed by atoms with E-state index >= 15 is 0 Å². The highest BCUT2D eigenvalue weighted by atomic mass is 32.2. The monoisotopic (exact) mass is 428 g/mol. The number of hydrogen-bond donors (Lipinski definition) is 0. The van der Waals surface area contributed by atoms with Gasteiger partial charge < -0.3 is 18.8 Å². The molecule has 0 N–H and O–H groups in total. The molecule has 7 nitrogen and oxygen atoms in total. The van der Waals surface area contributed by atoms with Gasteiger partial charge in [0.15, 0.2) is 0 Å². The third-order valence-electron chi connectivity index (χ3n) is 3.80. The molecule has 0 aliphatic carbocycles. The number of benzene rings is 1. The predicted octanol–water partition coefficient (Wildman–Crippen LogP) is 3.11. The maximum absolute atomic E-state index is 12.7. The SMILES string of the molecule is CCOCCn1/c(=N/S(=O)(=O)c2cccs2)sc2c(OC)ccc(OC)c21. The molecule has 1 aromatic carbocycles. The van der Waals surface area contributed by atoms with Crippen LogP contribution in [0.5, 0.6) is 11.5 Å². The molecule has 2 aromatic heterocycles. The molecule has 0 spiro atoms. The molecule has 0 aliphatic rings. The minimum Gasteiger partial charge on any atom is -0.495 e. The number of thiophene rings is 1. The first-order valence-corrected chi connectivity index (χ1v) is 11.3. The average Bonchev–Trinajstić information content (AvgIpc) is 3.30. The molecule has 3 aromatic rings. The minimum atomic E-state index is -3.80. The molecule has 0 saturated heterocycles. The molecule has 0 aliphatic heterocycles. The number of hydrogen-bond acceptors (Lipinski definition) is 7. The largest absolute Gasteiger partial charge is 0.495 e. The van der Waals surface area contributed by atoms with Gasteiger partial charge in [0.05, 0.1) is 20.8 Å². The van der Waals surface area contributed by atoms with E-state index in [1.54, 1.807) is 43.9 Å². The van der Waals surface area contributed by atoms with Crippen LogP contribution in [0.25, 0.3) is 10.2 Å². The van der Waals surface area contributed by atoms with Crippen LogP contribution in [-0.2, 0) is 21.3 Å². The van der Waals surface area contributed by atoms with Gasteiger partial charge in [-0.15, -0.1) is 15.7 Å². The zero-order chi connectivity index (χ0) is 19.4. The number of methoxy groups -OCH3 is 2. The lowest BCUT2D eigenvalue weighted by Crippen LogP contribution is -2.20. The van der Waals surface area contributed by atoms with Gasteiger partial charge in [-0.2, -0.15) is 8.42 Å². The molecule has 0 unspecified atom stereocenters. The Balaban J connectivity index is 2.28. The van der Waals surface area contributed by atoms with Crippen LogP contribution in [0.15, 0.2) is 38.3 Å². The van der Waals surface area contributed by atoms with Gasteiger partial charge in [-0.25, -0.2) is 0 Å². The summed E-state index contributed by atoms with van der Waals surface area (Å²) in [5.74, 6) is 1.25. The molecule has 0 amide bonds. The van der Waals surface area contributed by atoms with Crippen molar-refractivity contribution >= 4 is 42.9 Å². The third-order valence-corrected chi connectivity index (χ3v) is 7.65. The number of fused-ring (bicyclic) bond motifs is 1. The minimum absolute atomic E-state index is 0.204. The van der Waals surface area contributed by atoms with E-state index < -0.39 is 10.0 Å². The van der Waals surface area contributed by atoms with Crippen molar-refractivity contribution in [2.45, 2.75) is 17.7 Å². The lowest BCUT2D eigenvalue weighted by molar-refractivity contribution is 0.139. The highest BCUT2D eigenvalue weighted by Crippen LogP contribution is 2.35. The second kappa shape index (κ2) is 8.42. The number of thiazole rings is 1. The number of aromatic nitrogens is 1. The van der Waals surface area contributed by atoms with Crippen LogP contribution in [0.2, 0.25) is 0 Å². The van der Waals surface area contributed by atoms with Crippen molar-refractivity contribution in [3.8, 4) is 11.5 Å². The molecule has 2 heterocycles. The van der Waals surface area contributed by atoms with E-state index in [9.17, 15) is 8.42 Å². The number of rotatable bonds is 8. The standard InChI is InChI=1S/C17H20N2O5S3/c1-4-24-10-9-19-15-12(22-2)7-8-13(23-3)16(15)26-17(19)18-27(20,21)14-6-5-11-25-14/h5-8,11H,4,9-10H2,1-3H3/b18-17-. The number of ether oxygens (including phenoxy) is 3. The van der Waals surface area contributed by atoms with Crippen molar-refractivity contribution in [1.82, 2.24) is 4.57 Å². The first-order chi connectivity index (χ1) is 13.0. The Morgan fingerprint density at radius 3 is 2.52 bits per heavy atom. The number of sulfonamides is 1. The first kappa shape index (κ1) is 19.9. The summed E-state index contributed by atoms with van der Waals surface area (Å²) in [6.45, 7) is 3.35. The van der Waals surface area contributed by atoms with Gasteiger partial charge in [0.1, 0.15) is 25.9 Å². The summed E-state index contributed by atoms with van der Waals surface area (Å²) in [5.41, 5.74) is 0.738. The van der Waals surface area contributed by atoms with Crippen molar-refractivity contribution in [3.63, 3.8) is 0 Å². The summed E-state index contributed by atoms with van der Waals surface area (Å²) in [5, 5.41) is 1.71. The average molecular weight is 429 g/mol.